The van der Waals surface area contributed by atoms with E-state index in [1.807, 2.05) is 13.8 Å². The number of nitrogens with two attached hydrogens (primary N) is 1. The van der Waals surface area contributed by atoms with E-state index in [0.29, 0.717) is 44.8 Å². The number of hydrogen-bond acceptors (Lipinski definition) is 7. The van der Waals surface area contributed by atoms with E-state index in [9.17, 15) is 13.2 Å². The second-order valence-corrected chi connectivity index (χ2v) is 9.12. The maximum absolute atomic E-state index is 12.5. The Morgan fingerprint density at radius 3 is 2.64 bits per heavy atom. The standard InChI is InChI=1S/C15H26N4O4S2/c1-12(2)23-9-10-25(21,22)19-7-5-18(6-8-19)15(20)13-11-24-14(17-13)3-4-16/h11-12H,3-10,16H2,1-2H3. The Balaban J connectivity index is 1.86. The Labute approximate surface area is 153 Å². The predicted octanol–water partition coefficient (Wildman–Crippen LogP) is 0.157. The van der Waals surface area contributed by atoms with Crippen molar-refractivity contribution in [2.45, 2.75) is 26.4 Å². The molecular weight excluding hydrogens is 364 g/mol. The van der Waals surface area contributed by atoms with E-state index < -0.39 is 10.0 Å². The minimum Gasteiger partial charge on any atom is -0.378 e. The van der Waals surface area contributed by atoms with Gasteiger partial charge in [0.2, 0.25) is 10.0 Å². The summed E-state index contributed by atoms with van der Waals surface area (Å²) in [6, 6.07) is 0. The van der Waals surface area contributed by atoms with Crippen LogP contribution in [0.25, 0.3) is 0 Å². The van der Waals surface area contributed by atoms with Gasteiger partial charge < -0.3 is 15.4 Å². The lowest BCUT2D eigenvalue weighted by Gasteiger charge is -2.33. The normalized spacial score (nSPS) is 16.6. The average Bonchev–Trinajstić information content (AvgIpc) is 3.03. The summed E-state index contributed by atoms with van der Waals surface area (Å²) in [5, 5.41) is 2.58. The Morgan fingerprint density at radius 2 is 2.04 bits per heavy atom. The molecule has 0 aromatic carbocycles. The monoisotopic (exact) mass is 390 g/mol. The maximum Gasteiger partial charge on any atom is 0.273 e. The number of hydrogen-bond donors (Lipinski definition) is 1. The van der Waals surface area contributed by atoms with Crippen LogP contribution in [-0.4, -0.2) is 79.7 Å². The molecule has 1 aromatic rings. The van der Waals surface area contributed by atoms with Crippen LogP contribution in [0.4, 0.5) is 0 Å². The second kappa shape index (κ2) is 9.04. The molecule has 1 amide bonds. The van der Waals surface area contributed by atoms with E-state index in [-0.39, 0.29) is 24.4 Å². The van der Waals surface area contributed by atoms with E-state index >= 15 is 0 Å². The third-order valence-electron chi connectivity index (χ3n) is 3.84. The molecule has 142 valence electrons. The molecule has 25 heavy (non-hydrogen) atoms. The van der Waals surface area contributed by atoms with Gasteiger partial charge in [0.25, 0.3) is 5.91 Å². The van der Waals surface area contributed by atoms with Crippen molar-refractivity contribution in [1.29, 1.82) is 0 Å². The van der Waals surface area contributed by atoms with Crippen LogP contribution in [0, 0.1) is 0 Å². The number of aromatic nitrogens is 1. The van der Waals surface area contributed by atoms with Gasteiger partial charge in [0.15, 0.2) is 0 Å². The Morgan fingerprint density at radius 1 is 1.36 bits per heavy atom. The highest BCUT2D eigenvalue weighted by Crippen LogP contribution is 2.15. The molecule has 1 fully saturated rings. The van der Waals surface area contributed by atoms with Gasteiger partial charge >= 0.3 is 0 Å². The molecule has 0 bridgehead atoms. The van der Waals surface area contributed by atoms with Gasteiger partial charge in [0, 0.05) is 38.0 Å². The molecule has 8 nitrogen and oxygen atoms in total. The molecular formula is C15H26N4O4S2. The van der Waals surface area contributed by atoms with Crippen molar-refractivity contribution in [1.82, 2.24) is 14.2 Å². The number of amides is 1. The van der Waals surface area contributed by atoms with Gasteiger partial charge in [-0.1, -0.05) is 0 Å². The van der Waals surface area contributed by atoms with E-state index in [2.05, 4.69) is 4.98 Å². The molecule has 0 radical (unpaired) electrons. The smallest absolute Gasteiger partial charge is 0.273 e. The number of nitrogens with zero attached hydrogens (tertiary/aromatic N) is 3. The lowest BCUT2D eigenvalue weighted by atomic mass is 10.3. The molecule has 0 aliphatic carbocycles. The molecule has 2 rings (SSSR count). The highest BCUT2D eigenvalue weighted by atomic mass is 32.2. The SMILES string of the molecule is CC(C)OCCS(=O)(=O)N1CCN(C(=O)c2csc(CCN)n2)CC1. The first-order valence-corrected chi connectivity index (χ1v) is 10.9. The summed E-state index contributed by atoms with van der Waals surface area (Å²) in [5.74, 6) is -0.187. The number of rotatable bonds is 8. The molecule has 10 heteroatoms. The van der Waals surface area contributed by atoms with Gasteiger partial charge in [-0.2, -0.15) is 4.31 Å². The first-order valence-electron chi connectivity index (χ1n) is 8.36. The topological polar surface area (TPSA) is 106 Å². The summed E-state index contributed by atoms with van der Waals surface area (Å²) in [6.45, 7) is 5.76. The molecule has 1 saturated heterocycles. The summed E-state index contributed by atoms with van der Waals surface area (Å²) in [5.41, 5.74) is 5.91. The lowest BCUT2D eigenvalue weighted by Crippen LogP contribution is -2.51. The Hall–Kier alpha value is -1.07. The van der Waals surface area contributed by atoms with Crippen LogP contribution in [0.5, 0.6) is 0 Å². The number of carbonyl (C=O) groups excluding carboxylic acids is 1. The second-order valence-electron chi connectivity index (χ2n) is 6.09. The molecule has 1 aromatic heterocycles. The molecule has 2 N–H and O–H groups in total. The quantitative estimate of drug-likeness (QED) is 0.678. The third kappa shape index (κ3) is 5.71. The molecule has 0 unspecified atom stereocenters. The van der Waals surface area contributed by atoms with Gasteiger partial charge in [-0.25, -0.2) is 13.4 Å². The molecule has 0 saturated carbocycles. The number of ether oxygens (including phenoxy) is 1. The van der Waals surface area contributed by atoms with Crippen LogP contribution in [0.1, 0.15) is 29.3 Å². The van der Waals surface area contributed by atoms with Crippen LogP contribution < -0.4 is 5.73 Å². The molecule has 1 aliphatic heterocycles. The van der Waals surface area contributed by atoms with E-state index in [4.69, 9.17) is 10.5 Å². The lowest BCUT2D eigenvalue weighted by molar-refractivity contribution is 0.0688. The zero-order chi connectivity index (χ0) is 18.4. The van der Waals surface area contributed by atoms with Crippen LogP contribution >= 0.6 is 11.3 Å². The van der Waals surface area contributed by atoms with Crippen molar-refractivity contribution in [3.05, 3.63) is 16.1 Å². The first kappa shape index (κ1) is 20.2. The summed E-state index contributed by atoms with van der Waals surface area (Å²) in [6.07, 6.45) is 0.662. The molecule has 2 heterocycles. The van der Waals surface area contributed by atoms with Crippen LogP contribution in [0.2, 0.25) is 0 Å². The maximum atomic E-state index is 12.5. The minimum absolute atomic E-state index is 0.00643. The van der Waals surface area contributed by atoms with Crippen molar-refractivity contribution in [2.75, 3.05) is 45.1 Å². The van der Waals surface area contributed by atoms with Crippen molar-refractivity contribution in [2.24, 2.45) is 5.73 Å². The highest BCUT2D eigenvalue weighted by Gasteiger charge is 2.29. The fourth-order valence-electron chi connectivity index (χ4n) is 2.50. The predicted molar refractivity (Wildman–Crippen MR) is 97.2 cm³/mol. The van der Waals surface area contributed by atoms with Crippen molar-refractivity contribution in [3.63, 3.8) is 0 Å². The molecule has 0 spiro atoms. The van der Waals surface area contributed by atoms with Crippen LogP contribution in [0.3, 0.4) is 0 Å². The number of sulfonamides is 1. The fourth-order valence-corrected chi connectivity index (χ4v) is 4.57. The zero-order valence-corrected chi connectivity index (χ0v) is 16.3. The van der Waals surface area contributed by atoms with Gasteiger partial charge in [-0.15, -0.1) is 11.3 Å². The highest BCUT2D eigenvalue weighted by molar-refractivity contribution is 7.89. The average molecular weight is 391 g/mol. The van der Waals surface area contributed by atoms with Crippen LogP contribution in [-0.2, 0) is 21.2 Å². The third-order valence-corrected chi connectivity index (χ3v) is 6.58. The first-order chi connectivity index (χ1) is 11.8. The number of thiazole rings is 1. The van der Waals surface area contributed by atoms with Crippen molar-refractivity contribution >= 4 is 27.3 Å². The number of carbonyl (C=O) groups is 1. The molecule has 1 aliphatic rings. The van der Waals surface area contributed by atoms with Crippen molar-refractivity contribution in [3.8, 4) is 0 Å². The fraction of sp³-hybridized carbons (Fsp3) is 0.733. The van der Waals surface area contributed by atoms with Gasteiger partial charge in [-0.3, -0.25) is 4.79 Å². The van der Waals surface area contributed by atoms with E-state index in [0.717, 1.165) is 5.01 Å². The van der Waals surface area contributed by atoms with Gasteiger partial charge in [-0.05, 0) is 20.4 Å². The largest absolute Gasteiger partial charge is 0.378 e. The van der Waals surface area contributed by atoms with E-state index in [1.54, 1.807) is 10.3 Å². The van der Waals surface area contributed by atoms with Gasteiger partial charge in [0.1, 0.15) is 5.69 Å². The summed E-state index contributed by atoms with van der Waals surface area (Å²) < 4.78 is 31.4. The zero-order valence-electron chi connectivity index (χ0n) is 14.7. The molecule has 0 atom stereocenters. The summed E-state index contributed by atoms with van der Waals surface area (Å²) in [4.78, 5) is 18.4. The van der Waals surface area contributed by atoms with E-state index in [1.165, 1.54) is 15.6 Å². The Bertz CT molecular complexity index is 667. The number of piperazine rings is 1. The van der Waals surface area contributed by atoms with Gasteiger partial charge in [0.05, 0.1) is 23.5 Å². The van der Waals surface area contributed by atoms with Crippen molar-refractivity contribution < 1.29 is 17.9 Å². The minimum atomic E-state index is -3.35. The van der Waals surface area contributed by atoms with Crippen LogP contribution in [0.15, 0.2) is 5.38 Å². The Kier molecular flexibility index (Phi) is 7.32. The summed E-state index contributed by atoms with van der Waals surface area (Å²) >= 11 is 1.42. The summed E-state index contributed by atoms with van der Waals surface area (Å²) in [7, 11) is -3.35.